The number of hydrogen-bond donors (Lipinski definition) is 1. The smallest absolute Gasteiger partial charge is 0.318 e. The summed E-state index contributed by atoms with van der Waals surface area (Å²) in [6.07, 6.45) is 0. The maximum Gasteiger partial charge on any atom is 0.318 e. The maximum atomic E-state index is 10.8. The number of carbonyl (C=O) groups is 3. The number of hydrogen-bond acceptors (Lipinski definition) is 4. The molecule has 0 aromatic carbocycles. The first-order chi connectivity index (χ1) is 5.16. The molecule has 5 heteroatoms. The summed E-state index contributed by atoms with van der Waals surface area (Å²) in [7, 11) is 1.18. The van der Waals surface area contributed by atoms with Crippen molar-refractivity contribution in [3.05, 3.63) is 0 Å². The monoisotopic (exact) mass is 157 g/mol. The number of methoxy groups -OCH3 is 1. The summed E-state index contributed by atoms with van der Waals surface area (Å²) in [5.41, 5.74) is 0. The van der Waals surface area contributed by atoms with Crippen LogP contribution in [0.25, 0.3) is 0 Å². The molecular formula is C6H7NO4. The number of ether oxygens (including phenoxy) is 1. The van der Waals surface area contributed by atoms with Gasteiger partial charge in [0.05, 0.1) is 7.11 Å². The summed E-state index contributed by atoms with van der Waals surface area (Å²) >= 11 is 0. The van der Waals surface area contributed by atoms with Crippen LogP contribution in [-0.4, -0.2) is 31.3 Å². The molecule has 1 atom stereocenters. The molecule has 1 saturated heterocycles. The van der Waals surface area contributed by atoms with E-state index in [1.807, 2.05) is 0 Å². The SMILES string of the molecule is COC(=O)[C@H]1CNC(=O)C1=O. The molecule has 1 rings (SSSR count). The van der Waals surface area contributed by atoms with Gasteiger partial charge in [0, 0.05) is 6.54 Å². The molecule has 0 aromatic heterocycles. The second-order valence-electron chi connectivity index (χ2n) is 2.15. The van der Waals surface area contributed by atoms with Crippen molar-refractivity contribution in [2.75, 3.05) is 13.7 Å². The minimum Gasteiger partial charge on any atom is -0.468 e. The van der Waals surface area contributed by atoms with Crippen molar-refractivity contribution in [3.8, 4) is 0 Å². The van der Waals surface area contributed by atoms with Gasteiger partial charge in [0.1, 0.15) is 5.92 Å². The van der Waals surface area contributed by atoms with Crippen LogP contribution in [0.15, 0.2) is 0 Å². The highest BCUT2D eigenvalue weighted by atomic mass is 16.5. The van der Waals surface area contributed by atoms with Gasteiger partial charge in [-0.1, -0.05) is 0 Å². The largest absolute Gasteiger partial charge is 0.468 e. The standard InChI is InChI=1S/C6H7NO4/c1-11-6(10)3-2-7-5(9)4(3)8/h3H,2H2,1H3,(H,7,9)/t3-/m0/s1. The van der Waals surface area contributed by atoms with Crippen LogP contribution < -0.4 is 5.32 Å². The molecule has 0 unspecified atom stereocenters. The van der Waals surface area contributed by atoms with E-state index in [1.165, 1.54) is 7.11 Å². The van der Waals surface area contributed by atoms with Gasteiger partial charge in [-0.3, -0.25) is 14.4 Å². The van der Waals surface area contributed by atoms with E-state index in [2.05, 4.69) is 10.1 Å². The van der Waals surface area contributed by atoms with Crippen molar-refractivity contribution in [3.63, 3.8) is 0 Å². The number of esters is 1. The molecule has 1 amide bonds. The van der Waals surface area contributed by atoms with Gasteiger partial charge in [-0.2, -0.15) is 0 Å². The highest BCUT2D eigenvalue weighted by molar-refractivity contribution is 6.42. The zero-order chi connectivity index (χ0) is 8.43. The molecule has 5 nitrogen and oxygen atoms in total. The van der Waals surface area contributed by atoms with Crippen LogP contribution in [0.1, 0.15) is 0 Å². The zero-order valence-electron chi connectivity index (χ0n) is 5.92. The number of nitrogens with one attached hydrogen (secondary N) is 1. The fourth-order valence-electron chi connectivity index (χ4n) is 0.865. The Labute approximate surface area is 62.7 Å². The van der Waals surface area contributed by atoms with E-state index in [1.54, 1.807) is 0 Å². The summed E-state index contributed by atoms with van der Waals surface area (Å²) < 4.78 is 4.30. The van der Waals surface area contributed by atoms with E-state index in [0.29, 0.717) is 0 Å². The van der Waals surface area contributed by atoms with Crippen molar-refractivity contribution >= 4 is 17.7 Å². The maximum absolute atomic E-state index is 10.8. The first-order valence-electron chi connectivity index (χ1n) is 3.06. The van der Waals surface area contributed by atoms with Gasteiger partial charge in [-0.25, -0.2) is 0 Å². The zero-order valence-corrected chi connectivity index (χ0v) is 5.92. The van der Waals surface area contributed by atoms with Crippen LogP contribution in [0.2, 0.25) is 0 Å². The second kappa shape index (κ2) is 2.69. The number of ketones is 1. The Morgan fingerprint density at radius 1 is 1.64 bits per heavy atom. The predicted octanol–water partition coefficient (Wildman–Crippen LogP) is -1.53. The topological polar surface area (TPSA) is 72.5 Å². The van der Waals surface area contributed by atoms with Crippen LogP contribution in [0.3, 0.4) is 0 Å². The molecule has 1 aliphatic heterocycles. The summed E-state index contributed by atoms with van der Waals surface area (Å²) in [5, 5.41) is 2.25. The summed E-state index contributed by atoms with van der Waals surface area (Å²) in [5.74, 6) is -3.02. The lowest BCUT2D eigenvalue weighted by atomic mass is 10.1. The quantitative estimate of drug-likeness (QED) is 0.285. The van der Waals surface area contributed by atoms with Crippen molar-refractivity contribution in [1.29, 1.82) is 0 Å². The van der Waals surface area contributed by atoms with Crippen LogP contribution in [0.5, 0.6) is 0 Å². The number of Topliss-reactive ketones (excluding diaryl/α,β-unsaturated/α-hetero) is 1. The number of carbonyl (C=O) groups excluding carboxylic acids is 3. The van der Waals surface area contributed by atoms with Crippen molar-refractivity contribution < 1.29 is 19.1 Å². The van der Waals surface area contributed by atoms with Crippen LogP contribution in [-0.2, 0) is 19.1 Å². The molecule has 0 aliphatic carbocycles. The highest BCUT2D eigenvalue weighted by Crippen LogP contribution is 2.05. The predicted molar refractivity (Wildman–Crippen MR) is 33.5 cm³/mol. The molecule has 1 fully saturated rings. The Hall–Kier alpha value is -1.39. The molecule has 0 aromatic rings. The molecule has 11 heavy (non-hydrogen) atoms. The number of rotatable bonds is 1. The Morgan fingerprint density at radius 2 is 2.27 bits per heavy atom. The third-order valence-electron chi connectivity index (χ3n) is 1.49. The lowest BCUT2D eigenvalue weighted by Gasteiger charge is -2.00. The minimum absolute atomic E-state index is 0.0599. The van der Waals surface area contributed by atoms with Gasteiger partial charge in [0.2, 0.25) is 5.78 Å². The Balaban J connectivity index is 2.69. The Kier molecular flexibility index (Phi) is 1.89. The minimum atomic E-state index is -0.938. The van der Waals surface area contributed by atoms with Crippen LogP contribution in [0.4, 0.5) is 0 Å². The van der Waals surface area contributed by atoms with Crippen LogP contribution >= 0.6 is 0 Å². The molecule has 1 heterocycles. The molecule has 1 N–H and O–H groups in total. The first-order valence-corrected chi connectivity index (χ1v) is 3.06. The molecule has 0 spiro atoms. The van der Waals surface area contributed by atoms with E-state index in [-0.39, 0.29) is 6.54 Å². The normalized spacial score (nSPS) is 23.2. The van der Waals surface area contributed by atoms with Crippen molar-refractivity contribution in [2.24, 2.45) is 5.92 Å². The van der Waals surface area contributed by atoms with Crippen molar-refractivity contribution in [1.82, 2.24) is 5.32 Å². The molecular weight excluding hydrogens is 150 g/mol. The molecule has 60 valence electrons. The Bertz CT molecular complexity index is 223. The fraction of sp³-hybridized carbons (Fsp3) is 0.500. The average Bonchev–Trinajstić information content (AvgIpc) is 2.32. The van der Waals surface area contributed by atoms with E-state index in [9.17, 15) is 14.4 Å². The van der Waals surface area contributed by atoms with E-state index >= 15 is 0 Å². The summed E-state index contributed by atoms with van der Waals surface area (Å²) in [4.78, 5) is 32.1. The van der Waals surface area contributed by atoms with Crippen LogP contribution in [0, 0.1) is 5.92 Å². The average molecular weight is 157 g/mol. The van der Waals surface area contributed by atoms with E-state index < -0.39 is 23.6 Å². The molecule has 1 aliphatic rings. The fourth-order valence-corrected chi connectivity index (χ4v) is 0.865. The number of amides is 1. The van der Waals surface area contributed by atoms with Gasteiger partial charge in [0.25, 0.3) is 5.91 Å². The molecule has 0 saturated carbocycles. The van der Waals surface area contributed by atoms with Gasteiger partial charge < -0.3 is 10.1 Å². The van der Waals surface area contributed by atoms with E-state index in [0.717, 1.165) is 0 Å². The summed E-state index contributed by atoms with van der Waals surface area (Å²) in [6, 6.07) is 0. The summed E-state index contributed by atoms with van der Waals surface area (Å²) in [6.45, 7) is 0.0599. The van der Waals surface area contributed by atoms with Crippen molar-refractivity contribution in [2.45, 2.75) is 0 Å². The van der Waals surface area contributed by atoms with Gasteiger partial charge in [-0.05, 0) is 0 Å². The lowest BCUT2D eigenvalue weighted by Crippen LogP contribution is -2.24. The third-order valence-corrected chi connectivity index (χ3v) is 1.49. The van der Waals surface area contributed by atoms with Gasteiger partial charge in [-0.15, -0.1) is 0 Å². The van der Waals surface area contributed by atoms with Gasteiger partial charge in [0.15, 0.2) is 0 Å². The molecule has 0 radical (unpaired) electrons. The van der Waals surface area contributed by atoms with Gasteiger partial charge >= 0.3 is 5.97 Å². The molecule has 0 bridgehead atoms. The second-order valence-corrected chi connectivity index (χ2v) is 2.15. The third kappa shape index (κ3) is 1.21. The Morgan fingerprint density at radius 3 is 2.64 bits per heavy atom. The first kappa shape index (κ1) is 7.71. The lowest BCUT2D eigenvalue weighted by molar-refractivity contribution is -0.149. The highest BCUT2D eigenvalue weighted by Gasteiger charge is 2.38. The van der Waals surface area contributed by atoms with E-state index in [4.69, 9.17) is 0 Å².